The van der Waals surface area contributed by atoms with Crippen molar-refractivity contribution in [2.45, 2.75) is 18.9 Å². The summed E-state index contributed by atoms with van der Waals surface area (Å²) in [6.45, 7) is 0.225. The van der Waals surface area contributed by atoms with E-state index in [1.165, 1.54) is 41.3 Å². The van der Waals surface area contributed by atoms with E-state index in [1.54, 1.807) is 12.1 Å². The van der Waals surface area contributed by atoms with Crippen LogP contribution in [0.15, 0.2) is 91.0 Å². The van der Waals surface area contributed by atoms with Gasteiger partial charge in [0.15, 0.2) is 0 Å². The summed E-state index contributed by atoms with van der Waals surface area (Å²) in [5.74, 6) is -2.90. The first-order valence-electron chi connectivity index (χ1n) is 12.5. The fourth-order valence-electron chi connectivity index (χ4n) is 4.85. The third-order valence-corrected chi connectivity index (χ3v) is 6.74. The molecule has 5 rings (SSSR count). The molecule has 0 bridgehead atoms. The van der Waals surface area contributed by atoms with Crippen LogP contribution in [0.4, 0.5) is 15.8 Å². The van der Waals surface area contributed by atoms with Gasteiger partial charge in [-0.1, -0.05) is 48.5 Å². The van der Waals surface area contributed by atoms with Crippen LogP contribution in [0.3, 0.4) is 0 Å². The number of halogens is 1. The molecule has 0 spiro atoms. The van der Waals surface area contributed by atoms with Gasteiger partial charge in [0.1, 0.15) is 5.82 Å². The maximum absolute atomic E-state index is 13.9. The van der Waals surface area contributed by atoms with E-state index < -0.39 is 29.7 Å². The van der Waals surface area contributed by atoms with Gasteiger partial charge in [0.25, 0.3) is 11.8 Å². The summed E-state index contributed by atoms with van der Waals surface area (Å²) >= 11 is 0. The van der Waals surface area contributed by atoms with E-state index in [4.69, 9.17) is 0 Å². The van der Waals surface area contributed by atoms with Crippen LogP contribution in [0.25, 0.3) is 11.1 Å². The highest BCUT2D eigenvalue weighted by molar-refractivity contribution is 6.14. The number of hydrogen-bond acceptors (Lipinski definition) is 4. The van der Waals surface area contributed by atoms with Crippen molar-refractivity contribution in [2.75, 3.05) is 16.8 Å². The second kappa shape index (κ2) is 10.9. The first-order chi connectivity index (χ1) is 18.8. The predicted molar refractivity (Wildman–Crippen MR) is 146 cm³/mol. The van der Waals surface area contributed by atoms with Crippen LogP contribution in [0, 0.1) is 5.82 Å². The van der Waals surface area contributed by atoms with Crippen molar-refractivity contribution in [3.05, 3.63) is 119 Å². The van der Waals surface area contributed by atoms with E-state index in [0.29, 0.717) is 24.1 Å². The molecule has 4 aromatic rings. The average Bonchev–Trinajstić information content (AvgIpc) is 3.11. The van der Waals surface area contributed by atoms with Gasteiger partial charge in [-0.3, -0.25) is 9.59 Å². The second-order valence-corrected chi connectivity index (χ2v) is 9.25. The first-order valence-corrected chi connectivity index (χ1v) is 12.5. The molecule has 1 unspecified atom stereocenters. The third-order valence-electron chi connectivity index (χ3n) is 6.74. The average molecular weight is 525 g/mol. The van der Waals surface area contributed by atoms with E-state index in [9.17, 15) is 29.0 Å². The Morgan fingerprint density at radius 2 is 1.59 bits per heavy atom. The number of anilines is 2. The van der Waals surface area contributed by atoms with Gasteiger partial charge < -0.3 is 20.4 Å². The van der Waals surface area contributed by atoms with Crippen LogP contribution in [-0.4, -0.2) is 34.5 Å². The van der Waals surface area contributed by atoms with Gasteiger partial charge in [0.2, 0.25) is 0 Å². The van der Waals surface area contributed by atoms with Crippen molar-refractivity contribution < 1.29 is 29.0 Å². The van der Waals surface area contributed by atoms with Gasteiger partial charge in [-0.15, -0.1) is 0 Å². The lowest BCUT2D eigenvalue weighted by molar-refractivity contribution is 0.0691. The van der Waals surface area contributed by atoms with Crippen LogP contribution in [0.2, 0.25) is 0 Å². The number of carbonyl (C=O) groups is 3. The van der Waals surface area contributed by atoms with Crippen LogP contribution in [-0.2, 0) is 0 Å². The molecule has 0 radical (unpaired) electrons. The van der Waals surface area contributed by atoms with Crippen molar-refractivity contribution >= 4 is 29.2 Å². The minimum atomic E-state index is -1.34. The molecule has 7 nitrogen and oxygen atoms in total. The lowest BCUT2D eigenvalue weighted by Crippen LogP contribution is -2.33. The number of aromatic carboxylic acids is 1. The zero-order valence-corrected chi connectivity index (χ0v) is 20.8. The Bertz CT molecular complexity index is 1570. The molecule has 1 atom stereocenters. The number of nitrogens with zero attached hydrogens (tertiary/aromatic N) is 1. The maximum atomic E-state index is 13.9. The molecule has 0 saturated heterocycles. The predicted octanol–water partition coefficient (Wildman–Crippen LogP) is 5.92. The molecular formula is C31H25FN2O5. The minimum Gasteiger partial charge on any atom is -0.478 e. The number of benzene rings is 4. The van der Waals surface area contributed by atoms with Gasteiger partial charge >= 0.3 is 5.97 Å². The number of nitrogens with one attached hydrogen (secondary N) is 1. The lowest BCUT2D eigenvalue weighted by atomic mass is 9.99. The molecule has 1 heterocycles. The van der Waals surface area contributed by atoms with E-state index in [0.717, 1.165) is 11.1 Å². The minimum absolute atomic E-state index is 0.0863. The fraction of sp³-hybridized carbons (Fsp3) is 0.129. The largest absolute Gasteiger partial charge is 0.478 e. The lowest BCUT2D eigenvalue weighted by Gasteiger charge is -2.24. The molecule has 1 aliphatic heterocycles. The summed E-state index contributed by atoms with van der Waals surface area (Å²) in [7, 11) is 0. The van der Waals surface area contributed by atoms with Crippen molar-refractivity contribution in [2.24, 2.45) is 0 Å². The summed E-state index contributed by atoms with van der Waals surface area (Å²) in [5, 5.41) is 23.1. The molecule has 4 aromatic carbocycles. The van der Waals surface area contributed by atoms with E-state index in [1.807, 2.05) is 42.5 Å². The quantitative estimate of drug-likeness (QED) is 0.301. The smallest absolute Gasteiger partial charge is 0.336 e. The molecule has 39 heavy (non-hydrogen) atoms. The Labute approximate surface area is 224 Å². The highest BCUT2D eigenvalue weighted by atomic mass is 19.1. The van der Waals surface area contributed by atoms with E-state index in [2.05, 4.69) is 5.32 Å². The van der Waals surface area contributed by atoms with Crippen molar-refractivity contribution in [3.63, 3.8) is 0 Å². The Morgan fingerprint density at radius 1 is 0.846 bits per heavy atom. The highest BCUT2D eigenvalue weighted by Crippen LogP contribution is 2.35. The van der Waals surface area contributed by atoms with E-state index in [-0.39, 0.29) is 28.9 Å². The molecule has 196 valence electrons. The van der Waals surface area contributed by atoms with Gasteiger partial charge in [0.05, 0.1) is 17.2 Å². The van der Waals surface area contributed by atoms with Crippen LogP contribution < -0.4 is 10.2 Å². The van der Waals surface area contributed by atoms with E-state index >= 15 is 0 Å². The normalized spacial score (nSPS) is 14.7. The molecule has 0 saturated carbocycles. The summed E-state index contributed by atoms with van der Waals surface area (Å²) < 4.78 is 13.9. The highest BCUT2D eigenvalue weighted by Gasteiger charge is 2.29. The number of aliphatic hydroxyl groups excluding tert-OH is 1. The van der Waals surface area contributed by atoms with Gasteiger partial charge in [-0.05, 0) is 66.4 Å². The standard InChI is InChI=1S/C31H25FN2O5/c32-20-12-15-27-26(17-20)28(35)11-6-16-34(27)30(37)24-14-13-21(18-25(24)31(38)39)33-29(36)23-10-5-4-9-22(23)19-7-2-1-3-8-19/h1-5,7-10,12-15,17-18,28,35H,6,11,16H2,(H,33,36)(H,38,39). The first kappa shape index (κ1) is 25.8. The van der Waals surface area contributed by atoms with Crippen molar-refractivity contribution in [1.82, 2.24) is 0 Å². The Balaban J connectivity index is 1.46. The molecular weight excluding hydrogens is 499 g/mol. The number of carbonyl (C=O) groups excluding carboxylic acids is 2. The summed E-state index contributed by atoms with van der Waals surface area (Å²) in [6.07, 6.45) is -0.161. The SMILES string of the molecule is O=C(O)c1cc(NC(=O)c2ccccc2-c2ccccc2)ccc1C(=O)N1CCCC(O)c2cc(F)ccc21. The molecule has 2 amide bonds. The van der Waals surface area contributed by atoms with Gasteiger partial charge in [0, 0.05) is 29.0 Å². The number of hydrogen-bond donors (Lipinski definition) is 3. The summed E-state index contributed by atoms with van der Waals surface area (Å²) in [5.41, 5.74) is 2.44. The summed E-state index contributed by atoms with van der Waals surface area (Å²) in [6, 6.07) is 24.4. The topological polar surface area (TPSA) is 107 Å². The summed E-state index contributed by atoms with van der Waals surface area (Å²) in [4.78, 5) is 40.3. The Morgan fingerprint density at radius 3 is 2.36 bits per heavy atom. The Kier molecular flexibility index (Phi) is 7.21. The van der Waals surface area contributed by atoms with Gasteiger partial charge in [-0.2, -0.15) is 0 Å². The zero-order chi connectivity index (χ0) is 27.5. The molecule has 0 aromatic heterocycles. The number of rotatable bonds is 5. The van der Waals surface area contributed by atoms with Gasteiger partial charge in [-0.25, -0.2) is 9.18 Å². The number of carboxylic acids is 1. The van der Waals surface area contributed by atoms with Crippen LogP contribution in [0.5, 0.6) is 0 Å². The molecule has 1 aliphatic rings. The number of aliphatic hydroxyl groups is 1. The number of fused-ring (bicyclic) bond motifs is 1. The monoisotopic (exact) mass is 524 g/mol. The molecule has 3 N–H and O–H groups in total. The van der Waals surface area contributed by atoms with Crippen LogP contribution in [0.1, 0.15) is 55.6 Å². The Hall–Kier alpha value is -4.82. The molecule has 0 fully saturated rings. The zero-order valence-electron chi connectivity index (χ0n) is 20.8. The van der Waals surface area contributed by atoms with Crippen LogP contribution >= 0.6 is 0 Å². The van der Waals surface area contributed by atoms with Crippen molar-refractivity contribution in [1.29, 1.82) is 0 Å². The third kappa shape index (κ3) is 5.28. The molecule has 8 heteroatoms. The number of carboxylic acid groups (broad SMARTS) is 1. The molecule has 0 aliphatic carbocycles. The second-order valence-electron chi connectivity index (χ2n) is 9.25. The fourth-order valence-corrected chi connectivity index (χ4v) is 4.85. The maximum Gasteiger partial charge on any atom is 0.336 e. The van der Waals surface area contributed by atoms with Crippen molar-refractivity contribution in [3.8, 4) is 11.1 Å². The number of amides is 2.